The second-order valence-corrected chi connectivity index (χ2v) is 14.2. The SMILES string of the molecule is CCc1ccccc1Oc1ccc(N2C(=O)NC3=C(C(=O)N[C@@H]4CCCN(C(=O)/C(C#N)=C/C5CC5)C4)SC4NCCC2C34)c(C)c1. The van der Waals surface area contributed by atoms with Crippen molar-refractivity contribution in [3.63, 3.8) is 0 Å². The third-order valence-electron chi connectivity index (χ3n) is 9.78. The number of carbonyl (C=O) groups excluding carboxylic acids is 3. The Morgan fingerprint density at radius 2 is 2.00 bits per heavy atom. The first-order chi connectivity index (χ1) is 22.8. The van der Waals surface area contributed by atoms with Crippen LogP contribution in [-0.4, -0.2) is 59.8 Å². The standard InChI is InChI=1S/C36H40N6O4S/c1-3-23-7-4-5-9-29(23)46-26-12-13-27(21(2)17-26)42-28-14-15-38-34-30(28)31(40-36(42)45)32(47-34)33(43)39-25-8-6-16-41(20-25)35(44)24(19-37)18-22-10-11-22/h4-5,7,9,12-13,17-18,22,25,28,30,34,38H,3,6,8,10-11,14-16,20H2,1-2H3,(H,39,43)(H,40,45)/b24-18+/t25-,28?,30?,34?/m1/s1. The van der Waals surface area contributed by atoms with Gasteiger partial charge in [0, 0.05) is 36.4 Å². The van der Waals surface area contributed by atoms with Crippen molar-refractivity contribution in [3.05, 3.63) is 75.8 Å². The topological polar surface area (TPSA) is 127 Å². The van der Waals surface area contributed by atoms with Gasteiger partial charge in [0.05, 0.1) is 16.3 Å². The lowest BCUT2D eigenvalue weighted by atomic mass is 9.86. The van der Waals surface area contributed by atoms with Crippen LogP contribution < -0.4 is 25.6 Å². The number of allylic oxidation sites excluding steroid dienone is 1. The fourth-order valence-electron chi connectivity index (χ4n) is 7.24. The van der Waals surface area contributed by atoms with E-state index >= 15 is 0 Å². The molecule has 4 amide bonds. The third kappa shape index (κ3) is 6.24. The highest BCUT2D eigenvalue weighted by Gasteiger charge is 2.52. The fraction of sp³-hybridized carbons (Fsp3) is 0.444. The van der Waals surface area contributed by atoms with E-state index in [0.717, 1.165) is 73.4 Å². The maximum absolute atomic E-state index is 13.8. The van der Waals surface area contributed by atoms with Gasteiger partial charge in [-0.25, -0.2) is 4.79 Å². The number of ether oxygens (including phenoxy) is 1. The number of thioether (sulfide) groups is 1. The zero-order chi connectivity index (χ0) is 32.7. The Hall–Kier alpha value is -4.27. The molecule has 0 aromatic heterocycles. The summed E-state index contributed by atoms with van der Waals surface area (Å²) in [6.07, 6.45) is 6.95. The molecule has 5 aliphatic rings. The lowest BCUT2D eigenvalue weighted by Gasteiger charge is -2.46. The van der Waals surface area contributed by atoms with Gasteiger partial charge in [-0.2, -0.15) is 5.26 Å². The van der Waals surface area contributed by atoms with Crippen molar-refractivity contribution in [2.75, 3.05) is 24.5 Å². The summed E-state index contributed by atoms with van der Waals surface area (Å²) in [6, 6.07) is 15.3. The molecule has 4 atom stereocenters. The van der Waals surface area contributed by atoms with E-state index in [4.69, 9.17) is 4.74 Å². The molecule has 2 aromatic carbocycles. The maximum atomic E-state index is 13.8. The first-order valence-corrected chi connectivity index (χ1v) is 17.6. The molecule has 10 nitrogen and oxygen atoms in total. The number of para-hydroxylation sites is 1. The van der Waals surface area contributed by atoms with Gasteiger partial charge in [-0.3, -0.25) is 14.5 Å². The van der Waals surface area contributed by atoms with Crippen molar-refractivity contribution in [1.82, 2.24) is 20.9 Å². The molecular weight excluding hydrogens is 613 g/mol. The van der Waals surface area contributed by atoms with Crippen LogP contribution in [0, 0.1) is 30.1 Å². The fourth-order valence-corrected chi connectivity index (χ4v) is 8.64. The molecule has 47 heavy (non-hydrogen) atoms. The van der Waals surface area contributed by atoms with Gasteiger partial charge in [0.25, 0.3) is 11.8 Å². The van der Waals surface area contributed by atoms with Crippen molar-refractivity contribution < 1.29 is 19.1 Å². The number of nitrogens with one attached hydrogen (secondary N) is 3. The number of anilines is 1. The second kappa shape index (κ2) is 13.1. The van der Waals surface area contributed by atoms with Gasteiger partial charge in [-0.05, 0) is 93.3 Å². The number of rotatable bonds is 8. The summed E-state index contributed by atoms with van der Waals surface area (Å²) in [6.45, 7) is 5.75. The van der Waals surface area contributed by atoms with Gasteiger partial charge in [0.15, 0.2) is 0 Å². The number of carbonyl (C=O) groups is 3. The van der Waals surface area contributed by atoms with Gasteiger partial charge >= 0.3 is 6.03 Å². The third-order valence-corrected chi connectivity index (χ3v) is 11.1. The monoisotopic (exact) mass is 652 g/mol. The van der Waals surface area contributed by atoms with Crippen LogP contribution in [0.5, 0.6) is 11.5 Å². The average molecular weight is 653 g/mol. The smallest absolute Gasteiger partial charge is 0.326 e. The molecule has 3 saturated heterocycles. The van der Waals surface area contributed by atoms with Crippen LogP contribution in [0.4, 0.5) is 10.5 Å². The van der Waals surface area contributed by atoms with Crippen molar-refractivity contribution in [2.45, 2.75) is 69.8 Å². The lowest BCUT2D eigenvalue weighted by Crippen LogP contribution is -2.62. The van der Waals surface area contributed by atoms with E-state index < -0.39 is 0 Å². The Balaban J connectivity index is 1.07. The first-order valence-electron chi connectivity index (χ1n) is 16.7. The molecule has 3 N–H and O–H groups in total. The molecule has 4 fully saturated rings. The molecule has 244 valence electrons. The molecule has 0 bridgehead atoms. The highest BCUT2D eigenvalue weighted by molar-refractivity contribution is 8.04. The van der Waals surface area contributed by atoms with Gasteiger partial charge in [0.2, 0.25) is 0 Å². The van der Waals surface area contributed by atoms with Crippen LogP contribution in [0.2, 0.25) is 0 Å². The minimum absolute atomic E-state index is 0.0451. The highest BCUT2D eigenvalue weighted by Crippen LogP contribution is 2.48. The number of nitriles is 1. The second-order valence-electron chi connectivity index (χ2n) is 13.0. The van der Waals surface area contributed by atoms with E-state index in [9.17, 15) is 19.6 Å². The van der Waals surface area contributed by atoms with Crippen LogP contribution >= 0.6 is 11.8 Å². The Morgan fingerprint density at radius 3 is 2.77 bits per heavy atom. The molecule has 1 aliphatic carbocycles. The molecule has 7 rings (SSSR count). The van der Waals surface area contributed by atoms with Gasteiger partial charge < -0.3 is 25.6 Å². The van der Waals surface area contributed by atoms with Crippen molar-refractivity contribution in [1.29, 1.82) is 5.26 Å². The number of likely N-dealkylation sites (tertiary alicyclic amines) is 1. The minimum atomic E-state index is -0.256. The van der Waals surface area contributed by atoms with E-state index in [1.807, 2.05) is 48.2 Å². The van der Waals surface area contributed by atoms with E-state index in [-0.39, 0.29) is 46.8 Å². The first kappa shape index (κ1) is 31.3. The molecule has 1 saturated carbocycles. The number of aryl methyl sites for hydroxylation is 2. The molecule has 4 aliphatic heterocycles. The zero-order valence-electron chi connectivity index (χ0n) is 26.8. The predicted molar refractivity (Wildman–Crippen MR) is 181 cm³/mol. The molecule has 11 heteroatoms. The minimum Gasteiger partial charge on any atom is -0.457 e. The van der Waals surface area contributed by atoms with Crippen LogP contribution in [0.3, 0.4) is 0 Å². The van der Waals surface area contributed by atoms with Crippen molar-refractivity contribution in [2.24, 2.45) is 11.8 Å². The summed E-state index contributed by atoms with van der Waals surface area (Å²) in [5.74, 6) is 1.31. The Bertz CT molecular complexity index is 1710. The number of nitrogens with zero attached hydrogens (tertiary/aromatic N) is 3. The van der Waals surface area contributed by atoms with Crippen LogP contribution in [0.25, 0.3) is 0 Å². The highest BCUT2D eigenvalue weighted by atomic mass is 32.2. The van der Waals surface area contributed by atoms with Crippen molar-refractivity contribution >= 4 is 35.3 Å². The van der Waals surface area contributed by atoms with E-state index in [1.54, 1.807) is 11.0 Å². The summed E-state index contributed by atoms with van der Waals surface area (Å²) in [7, 11) is 0. The molecule has 3 unspecified atom stereocenters. The lowest BCUT2D eigenvalue weighted by molar-refractivity contribution is -0.129. The Kier molecular flexibility index (Phi) is 8.73. The summed E-state index contributed by atoms with van der Waals surface area (Å²) < 4.78 is 6.24. The molecule has 0 spiro atoms. The zero-order valence-corrected chi connectivity index (χ0v) is 27.6. The Labute approximate surface area is 279 Å². The summed E-state index contributed by atoms with van der Waals surface area (Å²) >= 11 is 1.47. The van der Waals surface area contributed by atoms with Gasteiger partial charge in [0.1, 0.15) is 23.1 Å². The van der Waals surface area contributed by atoms with Gasteiger partial charge in [-0.15, -0.1) is 0 Å². The van der Waals surface area contributed by atoms with E-state index in [1.165, 1.54) is 11.8 Å². The van der Waals surface area contributed by atoms with E-state index in [2.05, 4.69) is 35.0 Å². The number of urea groups is 1. The van der Waals surface area contributed by atoms with Crippen molar-refractivity contribution in [3.8, 4) is 17.6 Å². The normalized spacial score (nSPS) is 25.6. The molecular formula is C36H40N6O4S. The predicted octanol–water partition coefficient (Wildman–Crippen LogP) is 5.11. The van der Waals surface area contributed by atoms with Crippen LogP contribution in [0.1, 0.15) is 50.2 Å². The summed E-state index contributed by atoms with van der Waals surface area (Å²) in [5, 5.41) is 19.3. The van der Waals surface area contributed by atoms with E-state index in [0.29, 0.717) is 29.6 Å². The summed E-state index contributed by atoms with van der Waals surface area (Å²) in [4.78, 5) is 44.7. The van der Waals surface area contributed by atoms with Crippen LogP contribution in [0.15, 0.2) is 64.7 Å². The number of hydrogen-bond acceptors (Lipinski definition) is 7. The molecule has 2 aromatic rings. The Morgan fingerprint density at radius 1 is 1.17 bits per heavy atom. The number of hydrogen-bond donors (Lipinski definition) is 3. The molecule has 0 radical (unpaired) electrons. The quantitative estimate of drug-likeness (QED) is 0.267. The molecule has 4 heterocycles. The van der Waals surface area contributed by atoms with Crippen LogP contribution in [-0.2, 0) is 16.0 Å². The number of piperidine rings is 2. The average Bonchev–Trinajstić information content (AvgIpc) is 3.83. The maximum Gasteiger partial charge on any atom is 0.326 e. The number of benzene rings is 2. The summed E-state index contributed by atoms with van der Waals surface area (Å²) in [5.41, 5.74) is 3.76. The number of amides is 4. The largest absolute Gasteiger partial charge is 0.457 e. The van der Waals surface area contributed by atoms with Gasteiger partial charge in [-0.1, -0.05) is 43.0 Å².